The Hall–Kier alpha value is -1.26. The van der Waals surface area contributed by atoms with E-state index in [0.29, 0.717) is 12.5 Å². The number of aliphatic imine (C=N–C) groups is 1. The molecule has 1 saturated heterocycles. The van der Waals surface area contributed by atoms with Crippen LogP contribution in [0.5, 0.6) is 0 Å². The molecule has 174 valence electrons. The average molecular weight is 538 g/mol. The lowest BCUT2D eigenvalue weighted by Crippen LogP contribution is -2.52. The fraction of sp³-hybridized carbons (Fsp3) is 0.857. The maximum Gasteiger partial charge on any atom is 0.410 e. The number of guanidine groups is 1. The number of halogens is 1. The minimum atomic E-state index is -0.482. The maximum absolute atomic E-state index is 12.8. The molecule has 0 aromatic heterocycles. The van der Waals surface area contributed by atoms with Crippen molar-refractivity contribution in [3.8, 4) is 0 Å². The largest absolute Gasteiger partial charge is 0.469 e. The molecule has 8 nitrogen and oxygen atoms in total. The first-order chi connectivity index (χ1) is 13.7. The van der Waals surface area contributed by atoms with E-state index in [2.05, 4.69) is 19.9 Å². The van der Waals surface area contributed by atoms with E-state index in [1.165, 1.54) is 20.0 Å². The molecule has 0 aromatic carbocycles. The Morgan fingerprint density at radius 1 is 1.17 bits per heavy atom. The van der Waals surface area contributed by atoms with Crippen molar-refractivity contribution in [3.63, 3.8) is 0 Å². The molecule has 1 N–H and O–H groups in total. The van der Waals surface area contributed by atoms with Gasteiger partial charge in [-0.2, -0.15) is 0 Å². The van der Waals surface area contributed by atoms with E-state index < -0.39 is 5.60 Å². The van der Waals surface area contributed by atoms with E-state index in [0.717, 1.165) is 45.0 Å². The zero-order valence-corrected chi connectivity index (χ0v) is 21.4. The average Bonchev–Trinajstić information content (AvgIpc) is 3.48. The molecule has 2 aliphatic rings. The number of likely N-dealkylation sites (tertiary alicyclic amines) is 1. The lowest BCUT2D eigenvalue weighted by atomic mass is 10.0. The number of hydrogen-bond donors (Lipinski definition) is 1. The van der Waals surface area contributed by atoms with Crippen LogP contribution in [-0.4, -0.2) is 79.3 Å². The number of nitrogens with one attached hydrogen (secondary N) is 1. The van der Waals surface area contributed by atoms with Crippen LogP contribution in [-0.2, 0) is 14.3 Å². The third-order valence-corrected chi connectivity index (χ3v) is 5.12. The highest BCUT2D eigenvalue weighted by Gasteiger charge is 2.35. The number of esters is 1. The number of hydrogen-bond acceptors (Lipinski definition) is 5. The van der Waals surface area contributed by atoms with Crippen molar-refractivity contribution >= 4 is 42.0 Å². The van der Waals surface area contributed by atoms with Crippen LogP contribution in [0.3, 0.4) is 0 Å². The van der Waals surface area contributed by atoms with Gasteiger partial charge in [0.1, 0.15) is 5.60 Å². The molecular weight excluding hydrogens is 499 g/mol. The fourth-order valence-corrected chi connectivity index (χ4v) is 3.44. The fourth-order valence-electron chi connectivity index (χ4n) is 3.44. The summed E-state index contributed by atoms with van der Waals surface area (Å²) in [6, 6.07) is 0.194. The maximum atomic E-state index is 12.8. The van der Waals surface area contributed by atoms with Crippen molar-refractivity contribution in [3.05, 3.63) is 0 Å². The van der Waals surface area contributed by atoms with Crippen molar-refractivity contribution in [2.24, 2.45) is 10.9 Å². The van der Waals surface area contributed by atoms with Crippen LogP contribution < -0.4 is 5.32 Å². The Morgan fingerprint density at radius 2 is 1.80 bits per heavy atom. The number of carbonyl (C=O) groups excluding carboxylic acids is 2. The number of amides is 1. The van der Waals surface area contributed by atoms with Gasteiger partial charge in [0.05, 0.1) is 20.1 Å². The molecule has 1 heterocycles. The monoisotopic (exact) mass is 538 g/mol. The van der Waals surface area contributed by atoms with Gasteiger partial charge in [0.2, 0.25) is 0 Å². The van der Waals surface area contributed by atoms with Gasteiger partial charge >= 0.3 is 12.1 Å². The van der Waals surface area contributed by atoms with E-state index in [1.54, 1.807) is 0 Å². The van der Waals surface area contributed by atoms with Gasteiger partial charge in [0.25, 0.3) is 0 Å². The second-order valence-electron chi connectivity index (χ2n) is 8.86. The number of ether oxygens (including phenoxy) is 2. The summed E-state index contributed by atoms with van der Waals surface area (Å²) in [5.41, 5.74) is -0.482. The van der Waals surface area contributed by atoms with E-state index in [4.69, 9.17) is 4.74 Å². The van der Waals surface area contributed by atoms with Gasteiger partial charge in [0.15, 0.2) is 5.96 Å². The van der Waals surface area contributed by atoms with Crippen LogP contribution in [0.2, 0.25) is 0 Å². The molecule has 30 heavy (non-hydrogen) atoms. The lowest BCUT2D eigenvalue weighted by Gasteiger charge is -2.40. The Balaban J connectivity index is 0.00000450. The van der Waals surface area contributed by atoms with Gasteiger partial charge in [-0.1, -0.05) is 0 Å². The summed E-state index contributed by atoms with van der Waals surface area (Å²) in [6.45, 7) is 11.4. The molecule has 0 bridgehead atoms. The highest BCUT2D eigenvalue weighted by atomic mass is 127. The predicted octanol–water partition coefficient (Wildman–Crippen LogP) is 3.24. The third-order valence-electron chi connectivity index (χ3n) is 5.12. The molecule has 1 aliphatic heterocycles. The quantitative estimate of drug-likeness (QED) is 0.232. The van der Waals surface area contributed by atoms with Crippen molar-refractivity contribution in [2.75, 3.05) is 39.8 Å². The van der Waals surface area contributed by atoms with Gasteiger partial charge in [-0.15, -0.1) is 24.0 Å². The molecule has 0 unspecified atom stereocenters. The summed E-state index contributed by atoms with van der Waals surface area (Å²) in [6.07, 6.45) is 4.25. The Bertz CT molecular complexity index is 582. The summed E-state index contributed by atoms with van der Waals surface area (Å²) in [5.74, 6) is 1.19. The minimum Gasteiger partial charge on any atom is -0.469 e. The van der Waals surface area contributed by atoms with Crippen LogP contribution in [0.25, 0.3) is 0 Å². The minimum absolute atomic E-state index is 0. The first-order valence-corrected chi connectivity index (χ1v) is 10.8. The Labute approximate surface area is 198 Å². The molecule has 0 atom stereocenters. The summed E-state index contributed by atoms with van der Waals surface area (Å²) in [7, 11) is 1.39. The third kappa shape index (κ3) is 9.26. The highest BCUT2D eigenvalue weighted by Crippen LogP contribution is 2.32. The highest BCUT2D eigenvalue weighted by molar-refractivity contribution is 14.0. The number of rotatable bonds is 7. The first-order valence-electron chi connectivity index (χ1n) is 10.8. The van der Waals surface area contributed by atoms with E-state index >= 15 is 0 Å². The van der Waals surface area contributed by atoms with Gasteiger partial charge in [-0.3, -0.25) is 9.79 Å². The van der Waals surface area contributed by atoms with Crippen LogP contribution in [0.15, 0.2) is 4.99 Å². The summed E-state index contributed by atoms with van der Waals surface area (Å²) in [4.78, 5) is 32.8. The Kier molecular flexibility index (Phi) is 11.2. The zero-order valence-electron chi connectivity index (χ0n) is 19.1. The van der Waals surface area contributed by atoms with Crippen LogP contribution >= 0.6 is 24.0 Å². The number of piperidine rings is 1. The molecule has 1 aliphatic carbocycles. The van der Waals surface area contributed by atoms with Crippen molar-refractivity contribution in [1.82, 2.24) is 15.1 Å². The smallest absolute Gasteiger partial charge is 0.410 e. The topological polar surface area (TPSA) is 83.5 Å². The predicted molar refractivity (Wildman–Crippen MR) is 128 cm³/mol. The molecule has 9 heteroatoms. The molecule has 2 rings (SSSR count). The molecule has 1 amide bonds. The van der Waals surface area contributed by atoms with Crippen molar-refractivity contribution < 1.29 is 19.1 Å². The SMILES string of the molecule is CCNC(=NCCC(=O)OC)N1CCC(N(CC2CC2)C(=O)OC(C)(C)C)CC1.I. The van der Waals surface area contributed by atoms with Crippen molar-refractivity contribution in [2.45, 2.75) is 71.4 Å². The molecule has 0 aromatic rings. The van der Waals surface area contributed by atoms with Crippen LogP contribution in [0.1, 0.15) is 59.8 Å². The molecule has 0 radical (unpaired) electrons. The lowest BCUT2D eigenvalue weighted by molar-refractivity contribution is -0.140. The molecule has 2 fully saturated rings. The van der Waals surface area contributed by atoms with E-state index in [1.807, 2.05) is 32.6 Å². The van der Waals surface area contributed by atoms with Crippen LogP contribution in [0.4, 0.5) is 4.79 Å². The number of nitrogens with zero attached hydrogens (tertiary/aromatic N) is 3. The van der Waals surface area contributed by atoms with Gasteiger partial charge in [-0.25, -0.2) is 4.79 Å². The number of methoxy groups -OCH3 is 1. The van der Waals surface area contributed by atoms with Gasteiger partial charge in [0, 0.05) is 32.2 Å². The molecular formula is C21H39IN4O4. The summed E-state index contributed by atoms with van der Waals surface area (Å²) in [5, 5.41) is 3.30. The van der Waals surface area contributed by atoms with E-state index in [9.17, 15) is 9.59 Å². The van der Waals surface area contributed by atoms with Gasteiger partial charge in [-0.05, 0) is 59.3 Å². The standard InChI is InChI=1S/C21H38N4O4.HI/c1-6-22-19(23-12-9-18(26)28-5)24-13-10-17(11-14-24)25(15-16-7-8-16)20(27)29-21(2,3)4;/h16-17H,6-15H2,1-5H3,(H,22,23);1H. The number of carbonyl (C=O) groups is 2. The van der Waals surface area contributed by atoms with Crippen molar-refractivity contribution in [1.29, 1.82) is 0 Å². The Morgan fingerprint density at radius 3 is 2.30 bits per heavy atom. The normalized spacial score (nSPS) is 17.8. The summed E-state index contributed by atoms with van der Waals surface area (Å²) < 4.78 is 10.4. The van der Waals surface area contributed by atoms with Gasteiger partial charge < -0.3 is 24.6 Å². The molecule has 0 spiro atoms. The second-order valence-corrected chi connectivity index (χ2v) is 8.86. The first kappa shape index (κ1) is 26.8. The van der Waals surface area contributed by atoms with E-state index in [-0.39, 0.29) is 48.5 Å². The second kappa shape index (κ2) is 12.6. The molecule has 1 saturated carbocycles. The van der Waals surface area contributed by atoms with Crippen LogP contribution in [0, 0.1) is 5.92 Å². The summed E-state index contributed by atoms with van der Waals surface area (Å²) >= 11 is 0. The zero-order chi connectivity index (χ0) is 21.4.